The van der Waals surface area contributed by atoms with E-state index in [0.717, 1.165) is 0 Å². The van der Waals surface area contributed by atoms with Crippen molar-refractivity contribution in [1.29, 1.82) is 0 Å². The van der Waals surface area contributed by atoms with E-state index in [1.54, 1.807) is 0 Å². The summed E-state index contributed by atoms with van der Waals surface area (Å²) in [6.45, 7) is 1.39. The molecular formula is C4H11Cl5O2Zr2-. The van der Waals surface area contributed by atoms with E-state index in [9.17, 15) is 0 Å². The minimum absolute atomic E-state index is 0. The Morgan fingerprint density at radius 2 is 1.38 bits per heavy atom. The molecule has 0 aliphatic rings. The molecule has 1 atom stereocenters. The first-order valence-electron chi connectivity index (χ1n) is 2.50. The summed E-state index contributed by atoms with van der Waals surface area (Å²) in [7, 11) is 24.9. The zero-order valence-electron chi connectivity index (χ0n) is 7.07. The number of hydrogen-bond acceptors (Lipinski definition) is 2. The van der Waals surface area contributed by atoms with Crippen LogP contribution in [0, 0.1) is 7.43 Å². The topological polar surface area (TPSA) is 40.5 Å². The van der Waals surface area contributed by atoms with Crippen molar-refractivity contribution in [3.05, 3.63) is 7.43 Å². The van der Waals surface area contributed by atoms with Crippen molar-refractivity contribution in [3.63, 3.8) is 0 Å². The maximum atomic E-state index is 8.11. The molecular weight excluding hydrogens is 440 g/mol. The van der Waals surface area contributed by atoms with Gasteiger partial charge in [-0.25, -0.2) is 0 Å². The van der Waals surface area contributed by atoms with Crippen LogP contribution in [0.2, 0.25) is 0 Å². The predicted octanol–water partition coefficient (Wildman–Crippen LogP) is 3.25. The van der Waals surface area contributed by atoms with Gasteiger partial charge >= 0.3 is 81.6 Å². The second-order valence-corrected chi connectivity index (χ2v) is 16.2. The molecule has 0 saturated heterocycles. The molecule has 0 heterocycles. The monoisotopic (exact) mass is 446 g/mol. The van der Waals surface area contributed by atoms with E-state index in [4.69, 9.17) is 52.8 Å². The quantitative estimate of drug-likeness (QED) is 0.602. The second kappa shape index (κ2) is 24.4. The first kappa shape index (κ1) is 25.1. The molecule has 0 aromatic carbocycles. The molecule has 0 aliphatic carbocycles. The van der Waals surface area contributed by atoms with Gasteiger partial charge in [0.2, 0.25) is 0 Å². The van der Waals surface area contributed by atoms with E-state index < -0.39 is 45.1 Å². The second-order valence-electron chi connectivity index (χ2n) is 1.32. The zero-order valence-corrected chi connectivity index (χ0v) is 15.8. The van der Waals surface area contributed by atoms with Gasteiger partial charge in [0.25, 0.3) is 0 Å². The summed E-state index contributed by atoms with van der Waals surface area (Å²) >= 11 is -2.95. The van der Waals surface area contributed by atoms with Crippen molar-refractivity contribution < 1.29 is 49.2 Å². The molecule has 0 spiro atoms. The third kappa shape index (κ3) is 99.0. The number of aliphatic hydroxyl groups is 2. The average Bonchev–Trinajstić information content (AvgIpc) is 1.88. The summed E-state index contributed by atoms with van der Waals surface area (Å²) < 4.78 is 0. The van der Waals surface area contributed by atoms with E-state index in [1.165, 1.54) is 6.92 Å². The van der Waals surface area contributed by atoms with Crippen LogP contribution >= 0.6 is 42.6 Å². The van der Waals surface area contributed by atoms with E-state index in [-0.39, 0.29) is 14.0 Å². The van der Waals surface area contributed by atoms with Crippen molar-refractivity contribution in [1.82, 2.24) is 0 Å². The van der Waals surface area contributed by atoms with Crippen LogP contribution in [0.15, 0.2) is 0 Å². The van der Waals surface area contributed by atoms with Gasteiger partial charge in [0.1, 0.15) is 0 Å². The molecule has 2 N–H and O–H groups in total. The molecule has 0 aliphatic heterocycles. The van der Waals surface area contributed by atoms with Crippen LogP contribution in [0.4, 0.5) is 0 Å². The number of halogens is 5. The molecule has 0 fully saturated rings. The Kier molecular flexibility index (Phi) is 47.1. The van der Waals surface area contributed by atoms with Crippen LogP contribution < -0.4 is 0 Å². The van der Waals surface area contributed by atoms with Gasteiger partial charge in [-0.15, -0.1) is 0 Å². The minimum atomic E-state index is -2.13. The summed E-state index contributed by atoms with van der Waals surface area (Å²) in [5.41, 5.74) is 0. The molecule has 83 valence electrons. The van der Waals surface area contributed by atoms with Gasteiger partial charge in [-0.05, 0) is 6.92 Å². The Hall–Kier alpha value is 3.14. The normalized spacial score (nSPS) is 8.92. The van der Waals surface area contributed by atoms with Gasteiger partial charge in [0.05, 0.1) is 12.7 Å². The van der Waals surface area contributed by atoms with E-state index >= 15 is 0 Å². The van der Waals surface area contributed by atoms with E-state index in [0.29, 0.717) is 0 Å². The van der Waals surface area contributed by atoms with Crippen molar-refractivity contribution in [3.8, 4) is 0 Å². The fourth-order valence-electron chi connectivity index (χ4n) is 0. The van der Waals surface area contributed by atoms with Crippen molar-refractivity contribution in [2.75, 3.05) is 6.61 Å². The third-order valence-electron chi connectivity index (χ3n) is 0.264. The Balaban J connectivity index is -0.0000000465. The summed E-state index contributed by atoms with van der Waals surface area (Å²) in [6.07, 6.45) is -0.560. The molecule has 0 radical (unpaired) electrons. The van der Waals surface area contributed by atoms with Gasteiger partial charge in [-0.1, -0.05) is 0 Å². The van der Waals surface area contributed by atoms with Crippen molar-refractivity contribution in [2.45, 2.75) is 13.0 Å². The van der Waals surface area contributed by atoms with Gasteiger partial charge < -0.3 is 17.6 Å². The standard InChI is InChI=1S/C3H8O2.CH3.5ClH.2Zr/c1-3(5)2-4;;;;;;;;/h3-5H,2H2,1H3;1H3;5*1H;;/q;-1;;;;;;+2;+3/p-5. The summed E-state index contributed by atoms with van der Waals surface area (Å²) in [5.74, 6) is 0. The van der Waals surface area contributed by atoms with Crippen LogP contribution in [0.1, 0.15) is 6.92 Å². The molecule has 9 heteroatoms. The molecule has 0 aromatic heterocycles. The van der Waals surface area contributed by atoms with Gasteiger partial charge in [0.15, 0.2) is 0 Å². The average molecular weight is 451 g/mol. The van der Waals surface area contributed by atoms with Gasteiger partial charge in [0, 0.05) is 0 Å². The Bertz CT molecular complexity index is 65.7. The Morgan fingerprint density at radius 1 is 1.31 bits per heavy atom. The first-order valence-corrected chi connectivity index (χ1v) is 18.3. The Labute approximate surface area is 117 Å². The zero-order chi connectivity index (χ0) is 10.6. The van der Waals surface area contributed by atoms with Crippen LogP contribution in [-0.4, -0.2) is 22.9 Å². The van der Waals surface area contributed by atoms with Gasteiger partial charge in [-0.2, -0.15) is 0 Å². The number of aliphatic hydroxyl groups excluding tert-OH is 2. The molecule has 13 heavy (non-hydrogen) atoms. The molecule has 0 amide bonds. The molecule has 0 bridgehead atoms. The summed E-state index contributed by atoms with van der Waals surface area (Å²) in [4.78, 5) is 0. The SMILES string of the molecule is CC(O)CO.[CH3-].[Cl][Zr]([Cl])[Cl].[Cl][Zr][Cl]. The third-order valence-corrected chi connectivity index (χ3v) is 0.264. The maximum absolute atomic E-state index is 8.11. The molecule has 2 nitrogen and oxygen atoms in total. The fourth-order valence-corrected chi connectivity index (χ4v) is 0. The number of hydrogen-bond donors (Lipinski definition) is 2. The fraction of sp³-hybridized carbons (Fsp3) is 0.750. The van der Waals surface area contributed by atoms with Gasteiger partial charge in [-0.3, -0.25) is 0 Å². The van der Waals surface area contributed by atoms with Crippen LogP contribution in [0.3, 0.4) is 0 Å². The van der Waals surface area contributed by atoms with E-state index in [1.807, 2.05) is 0 Å². The predicted molar refractivity (Wildman–Crippen MR) is 54.4 cm³/mol. The number of rotatable bonds is 1. The Morgan fingerprint density at radius 3 is 1.38 bits per heavy atom. The van der Waals surface area contributed by atoms with Crippen LogP contribution in [0.25, 0.3) is 0 Å². The van der Waals surface area contributed by atoms with Crippen LogP contribution in [0.5, 0.6) is 0 Å². The van der Waals surface area contributed by atoms with Crippen molar-refractivity contribution in [2.24, 2.45) is 0 Å². The van der Waals surface area contributed by atoms with E-state index in [2.05, 4.69) is 0 Å². The molecule has 0 rings (SSSR count). The molecule has 0 aromatic rings. The van der Waals surface area contributed by atoms with Crippen molar-refractivity contribution >= 4 is 42.6 Å². The van der Waals surface area contributed by atoms with Crippen LogP contribution in [-0.2, 0) is 39.0 Å². The molecule has 1 unspecified atom stereocenters. The molecule has 0 saturated carbocycles. The first-order chi connectivity index (χ1) is 5.42. The summed E-state index contributed by atoms with van der Waals surface area (Å²) in [5, 5.41) is 16.0. The summed E-state index contributed by atoms with van der Waals surface area (Å²) in [6, 6.07) is 0.